The zero-order valence-electron chi connectivity index (χ0n) is 15.8. The lowest BCUT2D eigenvalue weighted by Gasteiger charge is -2.07. The average molecular weight is 420 g/mol. The van der Waals surface area contributed by atoms with Crippen molar-refractivity contribution >= 4 is 34.7 Å². The van der Waals surface area contributed by atoms with E-state index in [0.29, 0.717) is 22.1 Å². The molecule has 150 valence electrons. The number of thioether (sulfide) groups is 1. The van der Waals surface area contributed by atoms with Crippen molar-refractivity contribution in [1.29, 1.82) is 0 Å². The average Bonchev–Trinajstić information content (AvgIpc) is 3.16. The van der Waals surface area contributed by atoms with Gasteiger partial charge in [-0.05, 0) is 30.7 Å². The number of amides is 1. The third-order valence-corrected chi connectivity index (χ3v) is 5.26. The van der Waals surface area contributed by atoms with Crippen LogP contribution in [0.25, 0.3) is 16.9 Å². The Hall–Kier alpha value is -3.79. The molecule has 10 heteroatoms. The number of benzene rings is 2. The molecular formula is C20H16N6O3S. The molecule has 1 amide bonds. The maximum Gasteiger partial charge on any atom is 0.270 e. The number of carbonyl (C=O) groups is 1. The second-order valence-electron chi connectivity index (χ2n) is 6.43. The molecule has 1 N–H and O–H groups in total. The molecule has 0 saturated carbocycles. The molecule has 0 aliphatic heterocycles. The van der Waals surface area contributed by atoms with E-state index in [1.54, 1.807) is 24.3 Å². The fourth-order valence-electron chi connectivity index (χ4n) is 2.82. The number of hydrogen-bond donors (Lipinski definition) is 1. The molecule has 30 heavy (non-hydrogen) atoms. The van der Waals surface area contributed by atoms with Crippen molar-refractivity contribution in [2.24, 2.45) is 0 Å². The van der Waals surface area contributed by atoms with Crippen LogP contribution in [0.5, 0.6) is 0 Å². The molecule has 4 rings (SSSR count). The molecule has 0 bridgehead atoms. The molecule has 0 fully saturated rings. The minimum absolute atomic E-state index is 0.0133. The van der Waals surface area contributed by atoms with Gasteiger partial charge in [0.15, 0.2) is 5.65 Å². The maximum absolute atomic E-state index is 12.3. The second kappa shape index (κ2) is 8.29. The van der Waals surface area contributed by atoms with Crippen molar-refractivity contribution in [3.05, 3.63) is 76.3 Å². The Labute approximate surface area is 175 Å². The van der Waals surface area contributed by atoms with E-state index in [4.69, 9.17) is 0 Å². The number of anilines is 1. The molecular weight excluding hydrogens is 404 g/mol. The van der Waals surface area contributed by atoms with Crippen LogP contribution in [-0.4, -0.2) is 36.4 Å². The first-order valence-electron chi connectivity index (χ1n) is 8.97. The van der Waals surface area contributed by atoms with E-state index in [1.165, 1.54) is 28.4 Å². The summed E-state index contributed by atoms with van der Waals surface area (Å²) in [6, 6.07) is 17.2. The highest BCUT2D eigenvalue weighted by atomic mass is 32.2. The maximum atomic E-state index is 12.3. The van der Waals surface area contributed by atoms with Crippen LogP contribution >= 0.6 is 11.8 Å². The Morgan fingerprint density at radius 1 is 1.13 bits per heavy atom. The van der Waals surface area contributed by atoms with Gasteiger partial charge < -0.3 is 5.32 Å². The number of nitrogens with zero attached hydrogens (tertiary/aromatic N) is 5. The summed E-state index contributed by atoms with van der Waals surface area (Å²) >= 11 is 1.21. The number of carbonyl (C=O) groups excluding carboxylic acids is 1. The molecule has 0 saturated heterocycles. The van der Waals surface area contributed by atoms with Crippen molar-refractivity contribution in [1.82, 2.24) is 19.8 Å². The van der Waals surface area contributed by atoms with Gasteiger partial charge in [0.25, 0.3) is 5.69 Å². The van der Waals surface area contributed by atoms with Gasteiger partial charge in [0.2, 0.25) is 11.1 Å². The van der Waals surface area contributed by atoms with Crippen molar-refractivity contribution in [2.45, 2.75) is 12.1 Å². The SMILES string of the molecule is Cc1ccccc1NC(=O)CSc1nnc2ccc(-c3cccc([N+](=O)[O-])c3)nn12. The van der Waals surface area contributed by atoms with Crippen molar-refractivity contribution in [2.75, 3.05) is 11.1 Å². The summed E-state index contributed by atoms with van der Waals surface area (Å²) in [6.45, 7) is 1.92. The van der Waals surface area contributed by atoms with Gasteiger partial charge in [-0.1, -0.05) is 42.1 Å². The predicted molar refractivity (Wildman–Crippen MR) is 113 cm³/mol. The molecule has 9 nitrogen and oxygen atoms in total. The Balaban J connectivity index is 1.53. The minimum Gasteiger partial charge on any atom is -0.325 e. The quantitative estimate of drug-likeness (QED) is 0.287. The topological polar surface area (TPSA) is 115 Å². The van der Waals surface area contributed by atoms with Crippen LogP contribution in [0.3, 0.4) is 0 Å². The van der Waals surface area contributed by atoms with Crippen LogP contribution in [0.4, 0.5) is 11.4 Å². The Morgan fingerprint density at radius 3 is 2.77 bits per heavy atom. The lowest BCUT2D eigenvalue weighted by molar-refractivity contribution is -0.384. The fourth-order valence-corrected chi connectivity index (χ4v) is 3.51. The molecule has 0 atom stereocenters. The summed E-state index contributed by atoms with van der Waals surface area (Å²) < 4.78 is 1.53. The summed E-state index contributed by atoms with van der Waals surface area (Å²) in [4.78, 5) is 22.9. The lowest BCUT2D eigenvalue weighted by Crippen LogP contribution is -2.15. The number of nitrogens with one attached hydrogen (secondary N) is 1. The molecule has 2 aromatic heterocycles. The number of para-hydroxylation sites is 1. The summed E-state index contributed by atoms with van der Waals surface area (Å²) in [7, 11) is 0. The van der Waals surface area contributed by atoms with E-state index in [0.717, 1.165) is 11.3 Å². The van der Waals surface area contributed by atoms with Gasteiger partial charge in [0.1, 0.15) is 0 Å². The van der Waals surface area contributed by atoms with Crippen LogP contribution in [-0.2, 0) is 4.79 Å². The molecule has 4 aromatic rings. The molecule has 0 radical (unpaired) electrons. The first kappa shape index (κ1) is 19.5. The molecule has 2 heterocycles. The molecule has 0 spiro atoms. The van der Waals surface area contributed by atoms with E-state index in [1.807, 2.05) is 31.2 Å². The van der Waals surface area contributed by atoms with Crippen LogP contribution in [0, 0.1) is 17.0 Å². The number of aromatic nitrogens is 4. The molecule has 0 aliphatic carbocycles. The number of non-ortho nitro benzene ring substituents is 1. The van der Waals surface area contributed by atoms with Crippen LogP contribution < -0.4 is 5.32 Å². The normalized spacial score (nSPS) is 10.8. The van der Waals surface area contributed by atoms with Gasteiger partial charge in [0, 0.05) is 23.4 Å². The van der Waals surface area contributed by atoms with E-state index in [2.05, 4.69) is 20.6 Å². The third-order valence-electron chi connectivity index (χ3n) is 4.34. The standard InChI is InChI=1S/C20H16N6O3S/c1-13-5-2-3-8-16(13)21-19(27)12-30-20-23-22-18-10-9-17(24-25(18)20)14-6-4-7-15(11-14)26(28)29/h2-11H,12H2,1H3,(H,21,27). The third kappa shape index (κ3) is 4.13. The first-order chi connectivity index (χ1) is 14.5. The van der Waals surface area contributed by atoms with E-state index in [-0.39, 0.29) is 17.3 Å². The van der Waals surface area contributed by atoms with Crippen molar-refractivity contribution in [3.63, 3.8) is 0 Å². The Bertz CT molecular complexity index is 1260. The number of fused-ring (bicyclic) bond motifs is 1. The van der Waals surface area contributed by atoms with Crippen molar-refractivity contribution < 1.29 is 9.72 Å². The summed E-state index contributed by atoms with van der Waals surface area (Å²) in [5.74, 6) is -0.0291. The number of rotatable bonds is 6. The zero-order valence-corrected chi connectivity index (χ0v) is 16.7. The van der Waals surface area contributed by atoms with Crippen LogP contribution in [0.15, 0.2) is 65.8 Å². The first-order valence-corrected chi connectivity index (χ1v) is 9.95. The number of hydrogen-bond acceptors (Lipinski definition) is 7. The monoisotopic (exact) mass is 420 g/mol. The molecule has 0 aliphatic rings. The van der Waals surface area contributed by atoms with Gasteiger partial charge in [-0.25, -0.2) is 0 Å². The molecule has 0 unspecified atom stereocenters. The lowest BCUT2D eigenvalue weighted by atomic mass is 10.1. The van der Waals surface area contributed by atoms with Crippen LogP contribution in [0.2, 0.25) is 0 Å². The summed E-state index contributed by atoms with van der Waals surface area (Å²) in [6.07, 6.45) is 0. The fraction of sp³-hybridized carbons (Fsp3) is 0.100. The van der Waals surface area contributed by atoms with Gasteiger partial charge in [0.05, 0.1) is 16.4 Å². The van der Waals surface area contributed by atoms with Gasteiger partial charge in [-0.3, -0.25) is 14.9 Å². The van der Waals surface area contributed by atoms with Gasteiger partial charge >= 0.3 is 0 Å². The van der Waals surface area contributed by atoms with Gasteiger partial charge in [-0.15, -0.1) is 10.2 Å². The van der Waals surface area contributed by atoms with Crippen molar-refractivity contribution in [3.8, 4) is 11.3 Å². The largest absolute Gasteiger partial charge is 0.325 e. The number of nitro benzene ring substituents is 1. The van der Waals surface area contributed by atoms with E-state index >= 15 is 0 Å². The predicted octanol–water partition coefficient (Wildman–Crippen LogP) is 3.74. The Morgan fingerprint density at radius 2 is 1.97 bits per heavy atom. The summed E-state index contributed by atoms with van der Waals surface area (Å²) in [5, 5.41) is 27.0. The molecule has 2 aromatic carbocycles. The summed E-state index contributed by atoms with van der Waals surface area (Å²) in [5.41, 5.74) is 3.39. The van der Waals surface area contributed by atoms with E-state index < -0.39 is 4.92 Å². The minimum atomic E-state index is -0.449. The highest BCUT2D eigenvalue weighted by Crippen LogP contribution is 2.24. The zero-order chi connectivity index (χ0) is 21.1. The highest BCUT2D eigenvalue weighted by molar-refractivity contribution is 7.99. The van der Waals surface area contributed by atoms with E-state index in [9.17, 15) is 14.9 Å². The number of aryl methyl sites for hydroxylation is 1. The second-order valence-corrected chi connectivity index (χ2v) is 7.37. The highest BCUT2D eigenvalue weighted by Gasteiger charge is 2.13. The van der Waals surface area contributed by atoms with Crippen LogP contribution in [0.1, 0.15) is 5.56 Å². The van der Waals surface area contributed by atoms with Gasteiger partial charge in [-0.2, -0.15) is 9.61 Å². The smallest absolute Gasteiger partial charge is 0.270 e. The Kier molecular flexibility index (Phi) is 5.40. The number of nitro groups is 1.